The van der Waals surface area contributed by atoms with E-state index < -0.39 is 0 Å². The highest BCUT2D eigenvalue weighted by Crippen LogP contribution is 2.24. The molecule has 20 heavy (non-hydrogen) atoms. The van der Waals surface area contributed by atoms with E-state index in [0.29, 0.717) is 5.69 Å². The van der Waals surface area contributed by atoms with Crippen LogP contribution in [-0.4, -0.2) is 15.7 Å². The Bertz CT molecular complexity index is 772. The fraction of sp³-hybridized carbons (Fsp3) is 0.200. The van der Waals surface area contributed by atoms with Crippen molar-refractivity contribution in [1.29, 1.82) is 0 Å². The van der Waals surface area contributed by atoms with Gasteiger partial charge in [-0.3, -0.25) is 9.48 Å². The van der Waals surface area contributed by atoms with E-state index >= 15 is 0 Å². The highest BCUT2D eigenvalue weighted by Gasteiger charge is 2.12. The van der Waals surface area contributed by atoms with E-state index in [1.54, 1.807) is 11.3 Å². The van der Waals surface area contributed by atoms with Crippen molar-refractivity contribution in [2.24, 2.45) is 0 Å². The first kappa shape index (κ1) is 12.9. The molecular weight excluding hydrogens is 270 g/mol. The van der Waals surface area contributed by atoms with Gasteiger partial charge >= 0.3 is 0 Å². The summed E-state index contributed by atoms with van der Waals surface area (Å²) in [6.07, 6.45) is 0. The standard InChI is InChI=1S/C15H15N3OS/c1-3-18-10(2)8-13(17-18)15(19)16-12-4-5-14-11(9-12)6-7-20-14/h4-9H,3H2,1-2H3,(H,16,19). The van der Waals surface area contributed by atoms with Crippen LogP contribution >= 0.6 is 11.3 Å². The van der Waals surface area contributed by atoms with Crippen molar-refractivity contribution in [3.8, 4) is 0 Å². The maximum Gasteiger partial charge on any atom is 0.276 e. The van der Waals surface area contributed by atoms with Crippen molar-refractivity contribution < 1.29 is 4.79 Å². The van der Waals surface area contributed by atoms with Gasteiger partial charge < -0.3 is 5.32 Å². The first-order chi connectivity index (χ1) is 9.67. The summed E-state index contributed by atoms with van der Waals surface area (Å²) in [6.45, 7) is 4.72. The lowest BCUT2D eigenvalue weighted by Crippen LogP contribution is -2.13. The van der Waals surface area contributed by atoms with Gasteiger partial charge in [-0.15, -0.1) is 11.3 Å². The third kappa shape index (κ3) is 2.32. The van der Waals surface area contributed by atoms with Crippen molar-refractivity contribution in [3.05, 3.63) is 47.1 Å². The minimum Gasteiger partial charge on any atom is -0.321 e. The number of aromatic nitrogens is 2. The largest absolute Gasteiger partial charge is 0.321 e. The predicted molar refractivity (Wildman–Crippen MR) is 82.4 cm³/mol. The Balaban J connectivity index is 1.83. The fourth-order valence-corrected chi connectivity index (χ4v) is 2.95. The van der Waals surface area contributed by atoms with Crippen molar-refractivity contribution >= 4 is 33.0 Å². The number of hydrogen-bond acceptors (Lipinski definition) is 3. The van der Waals surface area contributed by atoms with Crippen LogP contribution in [0.3, 0.4) is 0 Å². The number of fused-ring (bicyclic) bond motifs is 1. The predicted octanol–water partition coefficient (Wildman–Crippen LogP) is 3.68. The molecule has 3 aromatic rings. The van der Waals surface area contributed by atoms with Crippen LogP contribution in [0.15, 0.2) is 35.7 Å². The third-order valence-corrected chi connectivity index (χ3v) is 4.12. The van der Waals surface area contributed by atoms with Crippen LogP contribution in [0.4, 0.5) is 5.69 Å². The molecule has 2 heterocycles. The number of carbonyl (C=O) groups is 1. The molecule has 1 N–H and O–H groups in total. The van der Waals surface area contributed by atoms with E-state index in [2.05, 4.69) is 10.4 Å². The van der Waals surface area contributed by atoms with Crippen LogP contribution in [0, 0.1) is 6.92 Å². The van der Waals surface area contributed by atoms with Crippen molar-refractivity contribution in [1.82, 2.24) is 9.78 Å². The molecule has 0 saturated heterocycles. The zero-order valence-corrected chi connectivity index (χ0v) is 12.2. The van der Waals surface area contributed by atoms with Crippen LogP contribution in [-0.2, 0) is 6.54 Å². The van der Waals surface area contributed by atoms with Gasteiger partial charge in [0.05, 0.1) is 0 Å². The molecule has 0 bridgehead atoms. The Morgan fingerprint density at radius 2 is 2.20 bits per heavy atom. The van der Waals surface area contributed by atoms with Gasteiger partial charge in [-0.1, -0.05) is 0 Å². The van der Waals surface area contributed by atoms with Gasteiger partial charge in [0.15, 0.2) is 5.69 Å². The molecular formula is C15H15N3OS. The first-order valence-corrected chi connectivity index (χ1v) is 7.38. The van der Waals surface area contributed by atoms with Crippen LogP contribution in [0.5, 0.6) is 0 Å². The monoisotopic (exact) mass is 285 g/mol. The van der Waals surface area contributed by atoms with Crippen molar-refractivity contribution in [2.45, 2.75) is 20.4 Å². The molecule has 0 saturated carbocycles. The highest BCUT2D eigenvalue weighted by molar-refractivity contribution is 7.17. The molecule has 0 aliphatic carbocycles. The van der Waals surface area contributed by atoms with Gasteiger partial charge in [-0.05, 0) is 54.9 Å². The third-order valence-electron chi connectivity index (χ3n) is 3.22. The number of thiophene rings is 1. The molecule has 0 atom stereocenters. The number of amides is 1. The van der Waals surface area contributed by atoms with Gasteiger partial charge in [0.2, 0.25) is 0 Å². The molecule has 4 nitrogen and oxygen atoms in total. The van der Waals surface area contributed by atoms with Gasteiger partial charge in [-0.2, -0.15) is 5.10 Å². The normalized spacial score (nSPS) is 10.9. The lowest BCUT2D eigenvalue weighted by atomic mass is 10.2. The molecule has 0 fully saturated rings. The van der Waals surface area contributed by atoms with E-state index in [-0.39, 0.29) is 5.91 Å². The number of benzene rings is 1. The van der Waals surface area contributed by atoms with E-state index in [9.17, 15) is 4.79 Å². The minimum absolute atomic E-state index is 0.171. The number of nitrogens with one attached hydrogen (secondary N) is 1. The Morgan fingerprint density at radius 1 is 1.35 bits per heavy atom. The highest BCUT2D eigenvalue weighted by atomic mass is 32.1. The van der Waals surface area contributed by atoms with Gasteiger partial charge in [0.1, 0.15) is 0 Å². The quantitative estimate of drug-likeness (QED) is 0.798. The number of aryl methyl sites for hydroxylation is 2. The topological polar surface area (TPSA) is 46.9 Å². The van der Waals surface area contributed by atoms with E-state index in [0.717, 1.165) is 23.3 Å². The van der Waals surface area contributed by atoms with Gasteiger partial charge in [-0.25, -0.2) is 0 Å². The summed E-state index contributed by atoms with van der Waals surface area (Å²) in [5.41, 5.74) is 2.24. The molecule has 0 aliphatic rings. The van der Waals surface area contributed by atoms with Crippen LogP contribution in [0.25, 0.3) is 10.1 Å². The van der Waals surface area contributed by atoms with E-state index in [1.165, 1.54) is 4.70 Å². The van der Waals surface area contributed by atoms with Gasteiger partial charge in [0.25, 0.3) is 5.91 Å². The maximum atomic E-state index is 12.2. The zero-order chi connectivity index (χ0) is 14.1. The van der Waals surface area contributed by atoms with Crippen LogP contribution in [0.1, 0.15) is 23.1 Å². The Morgan fingerprint density at radius 3 is 2.95 bits per heavy atom. The summed E-state index contributed by atoms with van der Waals surface area (Å²) in [4.78, 5) is 12.2. The molecule has 0 unspecified atom stereocenters. The second kappa shape index (κ2) is 5.09. The molecule has 0 spiro atoms. The van der Waals surface area contributed by atoms with Gasteiger partial charge in [0, 0.05) is 22.6 Å². The van der Waals surface area contributed by atoms with Crippen LogP contribution in [0.2, 0.25) is 0 Å². The lowest BCUT2D eigenvalue weighted by Gasteiger charge is -2.03. The molecule has 1 aromatic carbocycles. The second-order valence-electron chi connectivity index (χ2n) is 4.61. The summed E-state index contributed by atoms with van der Waals surface area (Å²) in [5.74, 6) is -0.171. The Hall–Kier alpha value is -2.14. The number of anilines is 1. The summed E-state index contributed by atoms with van der Waals surface area (Å²) in [5, 5.41) is 10.4. The number of nitrogens with zero attached hydrogens (tertiary/aromatic N) is 2. The Kier molecular flexibility index (Phi) is 3.28. The van der Waals surface area contributed by atoms with Crippen molar-refractivity contribution in [3.63, 3.8) is 0 Å². The SMILES string of the molecule is CCn1nc(C(=O)Nc2ccc3sccc3c2)cc1C. The number of rotatable bonds is 3. The van der Waals surface area contributed by atoms with E-state index in [4.69, 9.17) is 0 Å². The molecule has 2 aromatic heterocycles. The summed E-state index contributed by atoms with van der Waals surface area (Å²) >= 11 is 1.69. The summed E-state index contributed by atoms with van der Waals surface area (Å²) in [7, 11) is 0. The second-order valence-corrected chi connectivity index (χ2v) is 5.56. The minimum atomic E-state index is -0.171. The molecule has 102 valence electrons. The molecule has 5 heteroatoms. The van der Waals surface area contributed by atoms with E-state index in [1.807, 2.05) is 54.2 Å². The average molecular weight is 285 g/mol. The first-order valence-electron chi connectivity index (χ1n) is 6.50. The molecule has 0 radical (unpaired) electrons. The molecule has 0 aliphatic heterocycles. The zero-order valence-electron chi connectivity index (χ0n) is 11.4. The summed E-state index contributed by atoms with van der Waals surface area (Å²) < 4.78 is 3.03. The summed E-state index contributed by atoms with van der Waals surface area (Å²) in [6, 6.07) is 9.77. The number of hydrogen-bond donors (Lipinski definition) is 1. The number of carbonyl (C=O) groups excluding carboxylic acids is 1. The van der Waals surface area contributed by atoms with Crippen LogP contribution < -0.4 is 5.32 Å². The smallest absolute Gasteiger partial charge is 0.276 e. The fourth-order valence-electron chi connectivity index (χ4n) is 2.18. The maximum absolute atomic E-state index is 12.2. The average Bonchev–Trinajstić information content (AvgIpc) is 3.04. The molecule has 3 rings (SSSR count). The molecule has 1 amide bonds. The Labute approximate surface area is 121 Å². The lowest BCUT2D eigenvalue weighted by molar-refractivity contribution is 0.102. The van der Waals surface area contributed by atoms with Crippen molar-refractivity contribution in [2.75, 3.05) is 5.32 Å².